The maximum atomic E-state index is 12.4. The zero-order valence-electron chi connectivity index (χ0n) is 12.6. The Balaban J connectivity index is 2.15. The van der Waals surface area contributed by atoms with Gasteiger partial charge in [0.05, 0.1) is 18.6 Å². The number of rotatable bonds is 4. The predicted octanol–water partition coefficient (Wildman–Crippen LogP) is 1.27. The molecule has 1 aromatic rings. The van der Waals surface area contributed by atoms with Gasteiger partial charge < -0.3 is 10.1 Å². The summed E-state index contributed by atoms with van der Waals surface area (Å²) < 4.78 is 28.5. The van der Waals surface area contributed by atoms with E-state index in [-0.39, 0.29) is 29.8 Å². The normalized spacial score (nSPS) is 21.0. The Bertz CT molecular complexity index is 652. The smallest absolute Gasteiger partial charge is 0.164 e. The zero-order valence-corrected chi connectivity index (χ0v) is 13.4. The zero-order chi connectivity index (χ0) is 15.6. The maximum Gasteiger partial charge on any atom is 0.164 e. The highest BCUT2D eigenvalue weighted by Gasteiger charge is 2.26. The fourth-order valence-corrected chi connectivity index (χ4v) is 4.09. The predicted molar refractivity (Wildman–Crippen MR) is 81.9 cm³/mol. The number of nitrogens with one attached hydrogen (secondary N) is 1. The van der Waals surface area contributed by atoms with Gasteiger partial charge in [-0.25, -0.2) is 8.42 Å². The van der Waals surface area contributed by atoms with Crippen LogP contribution in [0.15, 0.2) is 12.1 Å². The number of Topliss-reactive ketones (excluding diaryl/α,β-unsaturated/α-hetero) is 1. The Labute approximate surface area is 125 Å². The first-order chi connectivity index (χ1) is 9.82. The molecule has 0 bridgehead atoms. The lowest BCUT2D eigenvalue weighted by atomic mass is 9.97. The molecule has 0 aliphatic carbocycles. The molecule has 1 aliphatic heterocycles. The molecule has 116 valence electrons. The summed E-state index contributed by atoms with van der Waals surface area (Å²) in [4.78, 5) is 12.4. The van der Waals surface area contributed by atoms with Gasteiger partial charge in [0.1, 0.15) is 5.75 Å². The molecule has 1 unspecified atom stereocenters. The highest BCUT2D eigenvalue weighted by atomic mass is 32.2. The number of benzene rings is 1. The quantitative estimate of drug-likeness (QED) is 0.848. The SMILES string of the molecule is COc1cc(C)c(C(=O)CC2CS(=O)(=O)CCN2)cc1C. The van der Waals surface area contributed by atoms with Crippen molar-refractivity contribution in [3.8, 4) is 5.75 Å². The molecule has 0 spiro atoms. The van der Waals surface area contributed by atoms with Gasteiger partial charge in [0, 0.05) is 24.6 Å². The van der Waals surface area contributed by atoms with Crippen molar-refractivity contribution < 1.29 is 17.9 Å². The molecule has 1 fully saturated rings. The lowest BCUT2D eigenvalue weighted by Crippen LogP contribution is -2.46. The highest BCUT2D eigenvalue weighted by molar-refractivity contribution is 7.91. The second-order valence-electron chi connectivity index (χ2n) is 5.53. The Kier molecular flexibility index (Phi) is 4.68. The Morgan fingerprint density at radius 3 is 2.67 bits per heavy atom. The van der Waals surface area contributed by atoms with Crippen molar-refractivity contribution >= 4 is 15.6 Å². The first kappa shape index (κ1) is 16.0. The van der Waals surface area contributed by atoms with E-state index in [1.54, 1.807) is 7.11 Å². The number of hydrogen-bond acceptors (Lipinski definition) is 5. The van der Waals surface area contributed by atoms with Gasteiger partial charge in [-0.15, -0.1) is 0 Å². The molecule has 1 heterocycles. The van der Waals surface area contributed by atoms with Crippen molar-refractivity contribution in [2.45, 2.75) is 26.3 Å². The second kappa shape index (κ2) is 6.15. The third-order valence-corrected chi connectivity index (χ3v) is 5.51. The lowest BCUT2D eigenvalue weighted by Gasteiger charge is -2.23. The van der Waals surface area contributed by atoms with Crippen LogP contribution in [-0.4, -0.2) is 45.4 Å². The molecule has 21 heavy (non-hydrogen) atoms. The molecule has 0 amide bonds. The van der Waals surface area contributed by atoms with Crippen LogP contribution in [0, 0.1) is 13.8 Å². The van der Waals surface area contributed by atoms with Gasteiger partial charge in [-0.05, 0) is 37.1 Å². The number of carbonyl (C=O) groups is 1. The fraction of sp³-hybridized carbons (Fsp3) is 0.533. The van der Waals surface area contributed by atoms with Crippen LogP contribution in [0.5, 0.6) is 5.75 Å². The van der Waals surface area contributed by atoms with Crippen molar-refractivity contribution in [2.24, 2.45) is 0 Å². The van der Waals surface area contributed by atoms with Crippen molar-refractivity contribution in [3.05, 3.63) is 28.8 Å². The summed E-state index contributed by atoms with van der Waals surface area (Å²) in [6, 6.07) is 3.36. The summed E-state index contributed by atoms with van der Waals surface area (Å²) >= 11 is 0. The molecule has 2 rings (SSSR count). The van der Waals surface area contributed by atoms with Gasteiger partial charge in [0.2, 0.25) is 0 Å². The van der Waals surface area contributed by atoms with E-state index in [1.165, 1.54) is 0 Å². The summed E-state index contributed by atoms with van der Waals surface area (Å²) in [5.74, 6) is 0.904. The second-order valence-corrected chi connectivity index (χ2v) is 7.76. The van der Waals surface area contributed by atoms with Crippen LogP contribution in [0.1, 0.15) is 27.9 Å². The number of hydrogen-bond donors (Lipinski definition) is 1. The van der Waals surface area contributed by atoms with E-state index in [9.17, 15) is 13.2 Å². The molecule has 5 nitrogen and oxygen atoms in total. The van der Waals surface area contributed by atoms with E-state index in [0.717, 1.165) is 16.9 Å². The average Bonchev–Trinajstić information content (AvgIpc) is 2.39. The number of ether oxygens (including phenoxy) is 1. The third kappa shape index (κ3) is 3.83. The summed E-state index contributed by atoms with van der Waals surface area (Å²) in [5, 5.41) is 3.11. The minimum atomic E-state index is -3.02. The molecule has 0 aromatic heterocycles. The topological polar surface area (TPSA) is 72.5 Å². The van der Waals surface area contributed by atoms with Gasteiger partial charge in [0.15, 0.2) is 15.6 Å². The first-order valence-electron chi connectivity index (χ1n) is 6.94. The van der Waals surface area contributed by atoms with Crippen LogP contribution in [0.25, 0.3) is 0 Å². The Hall–Kier alpha value is -1.40. The van der Waals surface area contributed by atoms with Gasteiger partial charge in [-0.3, -0.25) is 4.79 Å². The average molecular weight is 311 g/mol. The molecular formula is C15H21NO4S. The highest BCUT2D eigenvalue weighted by Crippen LogP contribution is 2.24. The van der Waals surface area contributed by atoms with Gasteiger partial charge in [-0.2, -0.15) is 0 Å². The number of ketones is 1. The van der Waals surface area contributed by atoms with E-state index in [1.807, 2.05) is 26.0 Å². The molecule has 1 aliphatic rings. The minimum absolute atomic E-state index is 0.0344. The van der Waals surface area contributed by atoms with E-state index >= 15 is 0 Å². The Morgan fingerprint density at radius 1 is 1.33 bits per heavy atom. The van der Waals surface area contributed by atoms with Crippen LogP contribution in [-0.2, 0) is 9.84 Å². The van der Waals surface area contributed by atoms with Gasteiger partial charge in [0.25, 0.3) is 0 Å². The number of carbonyl (C=O) groups excluding carboxylic acids is 1. The number of sulfone groups is 1. The van der Waals surface area contributed by atoms with Crippen molar-refractivity contribution in [2.75, 3.05) is 25.2 Å². The largest absolute Gasteiger partial charge is 0.496 e. The van der Waals surface area contributed by atoms with E-state index < -0.39 is 9.84 Å². The summed E-state index contributed by atoms with van der Waals surface area (Å²) in [5.41, 5.74) is 2.38. The van der Waals surface area contributed by atoms with Crippen molar-refractivity contribution in [1.29, 1.82) is 0 Å². The van der Waals surface area contributed by atoms with Crippen molar-refractivity contribution in [3.63, 3.8) is 0 Å². The molecule has 1 N–H and O–H groups in total. The molecule has 1 aromatic carbocycles. The fourth-order valence-electron chi connectivity index (χ4n) is 2.64. The van der Waals surface area contributed by atoms with E-state index in [0.29, 0.717) is 12.1 Å². The van der Waals surface area contributed by atoms with Gasteiger partial charge in [-0.1, -0.05) is 0 Å². The number of aryl methyl sites for hydroxylation is 2. The summed E-state index contributed by atoms with van der Waals surface area (Å²) in [6.07, 6.45) is 0.200. The van der Waals surface area contributed by atoms with Crippen LogP contribution < -0.4 is 10.1 Å². The van der Waals surface area contributed by atoms with Crippen LogP contribution in [0.2, 0.25) is 0 Å². The molecule has 6 heteroatoms. The third-order valence-electron chi connectivity index (χ3n) is 3.78. The molecule has 1 atom stereocenters. The molecule has 0 radical (unpaired) electrons. The van der Waals surface area contributed by atoms with Gasteiger partial charge >= 0.3 is 0 Å². The van der Waals surface area contributed by atoms with E-state index in [4.69, 9.17) is 4.74 Å². The lowest BCUT2D eigenvalue weighted by molar-refractivity contribution is 0.0971. The summed E-state index contributed by atoms with van der Waals surface area (Å²) in [6.45, 7) is 4.17. The summed E-state index contributed by atoms with van der Waals surface area (Å²) in [7, 11) is -1.43. The van der Waals surface area contributed by atoms with Crippen LogP contribution in [0.4, 0.5) is 0 Å². The number of methoxy groups -OCH3 is 1. The van der Waals surface area contributed by atoms with E-state index in [2.05, 4.69) is 5.32 Å². The maximum absolute atomic E-state index is 12.4. The molecule has 1 saturated heterocycles. The van der Waals surface area contributed by atoms with Crippen molar-refractivity contribution in [1.82, 2.24) is 5.32 Å². The standard InChI is InChI=1S/C15H21NO4S/c1-10-7-15(20-3)11(2)6-13(10)14(17)8-12-9-21(18,19)5-4-16-12/h6-7,12,16H,4-5,8-9H2,1-3H3. The minimum Gasteiger partial charge on any atom is -0.496 e. The Morgan fingerprint density at radius 2 is 2.05 bits per heavy atom. The van der Waals surface area contributed by atoms with Crippen LogP contribution in [0.3, 0.4) is 0 Å². The molecular weight excluding hydrogens is 290 g/mol. The molecule has 0 saturated carbocycles. The van der Waals surface area contributed by atoms with Crippen LogP contribution >= 0.6 is 0 Å². The monoisotopic (exact) mass is 311 g/mol. The first-order valence-corrected chi connectivity index (χ1v) is 8.77.